The van der Waals surface area contributed by atoms with Gasteiger partial charge < -0.3 is 29.5 Å². The van der Waals surface area contributed by atoms with Crippen LogP contribution in [-0.2, 0) is 19.8 Å². The molecule has 0 bridgehead atoms. The van der Waals surface area contributed by atoms with Crippen molar-refractivity contribution in [3.63, 3.8) is 0 Å². The first-order valence-corrected chi connectivity index (χ1v) is 18.4. The van der Waals surface area contributed by atoms with Gasteiger partial charge in [-0.15, -0.1) is 0 Å². The minimum Gasteiger partial charge on any atom is -0.493 e. The molecule has 51 heavy (non-hydrogen) atoms. The maximum absolute atomic E-state index is 10.5. The minimum absolute atomic E-state index is 0.0719. The van der Waals surface area contributed by atoms with Crippen molar-refractivity contribution in [3.05, 3.63) is 111 Å². The molecule has 0 unspecified atom stereocenters. The van der Waals surface area contributed by atoms with E-state index >= 15 is 0 Å². The van der Waals surface area contributed by atoms with Gasteiger partial charge in [-0.3, -0.25) is 4.98 Å². The molecular formula is C41H49ClN4O5. The highest BCUT2D eigenvalue weighted by molar-refractivity contribution is 6.32. The SMILES string of the molecule is Cc1c(COc2cc(OCc3cccnc3)c(CNCCN=O)cc2Cl)cccc1-c1cccc(OCCCN2CCC3(CC2)CC(O)C3)c1C. The minimum atomic E-state index is -0.0719. The van der Waals surface area contributed by atoms with Gasteiger partial charge >= 0.3 is 0 Å². The number of halogens is 1. The Morgan fingerprint density at radius 1 is 0.922 bits per heavy atom. The normalized spacial score (nSPS) is 15.8. The van der Waals surface area contributed by atoms with E-state index in [1.54, 1.807) is 12.4 Å². The number of benzene rings is 3. The molecule has 3 aromatic carbocycles. The van der Waals surface area contributed by atoms with Crippen molar-refractivity contribution in [1.29, 1.82) is 0 Å². The summed E-state index contributed by atoms with van der Waals surface area (Å²) in [6, 6.07) is 20.1. The standard InChI is InChI=1S/C41H49ClN4O5/c1-29-32(28-51-40-22-39(50-27-31-7-5-14-43-25-31)33(21-37(40)42)26-44-15-16-45-48)8-3-9-35(29)36-10-4-11-38(30(36)2)49-20-6-17-46-18-12-41(13-19-46)23-34(47)24-41/h3-5,7-11,14,21-22,25,34,44,47H,6,12-13,15-20,23-24,26-28H2,1-2H3. The summed E-state index contributed by atoms with van der Waals surface area (Å²) in [4.78, 5) is 17.3. The highest BCUT2D eigenvalue weighted by atomic mass is 35.5. The second kappa shape index (κ2) is 17.5. The van der Waals surface area contributed by atoms with E-state index in [1.807, 2.05) is 24.3 Å². The number of nitrogens with one attached hydrogen (secondary N) is 1. The summed E-state index contributed by atoms with van der Waals surface area (Å²) in [7, 11) is 0. The van der Waals surface area contributed by atoms with E-state index in [9.17, 15) is 10.0 Å². The Hall–Kier alpha value is -4.02. The molecule has 270 valence electrons. The summed E-state index contributed by atoms with van der Waals surface area (Å²) in [6.45, 7) is 10.00. The number of aromatic nitrogens is 1. The molecule has 2 fully saturated rings. The maximum atomic E-state index is 10.5. The molecule has 6 rings (SSSR count). The zero-order valence-corrected chi connectivity index (χ0v) is 30.5. The Balaban J connectivity index is 1.08. The number of hydrogen-bond acceptors (Lipinski definition) is 9. The lowest BCUT2D eigenvalue weighted by molar-refractivity contribution is -0.0681. The summed E-state index contributed by atoms with van der Waals surface area (Å²) in [5.41, 5.74) is 7.80. The smallest absolute Gasteiger partial charge is 0.142 e. The first kappa shape index (κ1) is 36.8. The number of aliphatic hydroxyl groups is 1. The molecule has 0 atom stereocenters. The molecule has 1 aliphatic carbocycles. The third kappa shape index (κ3) is 9.46. The Morgan fingerprint density at radius 2 is 1.69 bits per heavy atom. The predicted octanol–water partition coefficient (Wildman–Crippen LogP) is 8.04. The van der Waals surface area contributed by atoms with E-state index in [2.05, 4.69) is 70.6 Å². The Kier molecular flexibility index (Phi) is 12.6. The van der Waals surface area contributed by atoms with Crippen LogP contribution in [0.1, 0.15) is 59.9 Å². The van der Waals surface area contributed by atoms with Crippen molar-refractivity contribution in [1.82, 2.24) is 15.2 Å². The second-order valence-corrected chi connectivity index (χ2v) is 14.4. The van der Waals surface area contributed by atoms with Crippen molar-refractivity contribution in [3.8, 4) is 28.4 Å². The number of hydrogen-bond donors (Lipinski definition) is 2. The average molecular weight is 713 g/mol. The van der Waals surface area contributed by atoms with Gasteiger partial charge in [-0.05, 0) is 110 Å². The fourth-order valence-corrected chi connectivity index (χ4v) is 7.61. The van der Waals surface area contributed by atoms with Gasteiger partial charge in [0.15, 0.2) is 0 Å². The van der Waals surface area contributed by atoms with Crippen LogP contribution in [0.5, 0.6) is 17.2 Å². The number of nitroso groups, excluding NO2 is 1. The van der Waals surface area contributed by atoms with Crippen LogP contribution in [0.3, 0.4) is 0 Å². The molecule has 2 N–H and O–H groups in total. The summed E-state index contributed by atoms with van der Waals surface area (Å²) in [5, 5.41) is 16.4. The largest absolute Gasteiger partial charge is 0.493 e. The molecule has 9 nitrogen and oxygen atoms in total. The van der Waals surface area contributed by atoms with Crippen LogP contribution in [0, 0.1) is 24.2 Å². The van der Waals surface area contributed by atoms with Crippen LogP contribution in [0.15, 0.2) is 78.2 Å². The number of pyridine rings is 1. The Morgan fingerprint density at radius 3 is 2.43 bits per heavy atom. The van der Waals surface area contributed by atoms with Gasteiger partial charge in [-0.1, -0.05) is 53.2 Å². The van der Waals surface area contributed by atoms with Crippen LogP contribution in [0.4, 0.5) is 0 Å². The van der Waals surface area contributed by atoms with Crippen LogP contribution >= 0.6 is 11.6 Å². The van der Waals surface area contributed by atoms with Gasteiger partial charge in [0.05, 0.1) is 24.3 Å². The molecule has 2 aliphatic rings. The lowest BCUT2D eigenvalue weighted by Gasteiger charge is -2.50. The maximum Gasteiger partial charge on any atom is 0.142 e. The molecule has 1 saturated carbocycles. The van der Waals surface area contributed by atoms with Crippen molar-refractivity contribution in [2.45, 2.75) is 71.8 Å². The van der Waals surface area contributed by atoms with Crippen molar-refractivity contribution in [2.75, 3.05) is 39.3 Å². The van der Waals surface area contributed by atoms with E-state index in [1.165, 1.54) is 12.8 Å². The lowest BCUT2D eigenvalue weighted by Crippen LogP contribution is -2.49. The highest BCUT2D eigenvalue weighted by Gasteiger charge is 2.44. The van der Waals surface area contributed by atoms with E-state index in [0.29, 0.717) is 54.8 Å². The molecule has 10 heteroatoms. The van der Waals surface area contributed by atoms with Gasteiger partial charge in [0, 0.05) is 49.2 Å². The quantitative estimate of drug-likeness (QED) is 0.0838. The predicted molar refractivity (Wildman–Crippen MR) is 202 cm³/mol. The van der Waals surface area contributed by atoms with Gasteiger partial charge in [0.2, 0.25) is 0 Å². The molecule has 0 amide bonds. The number of piperidine rings is 1. The zero-order chi connectivity index (χ0) is 35.6. The number of likely N-dealkylation sites (tertiary alicyclic amines) is 1. The summed E-state index contributed by atoms with van der Waals surface area (Å²) in [6.07, 6.45) is 8.80. The first-order valence-electron chi connectivity index (χ1n) is 18.0. The molecule has 2 heterocycles. The van der Waals surface area contributed by atoms with Crippen molar-refractivity contribution < 1.29 is 19.3 Å². The summed E-state index contributed by atoms with van der Waals surface area (Å²) >= 11 is 6.74. The van der Waals surface area contributed by atoms with E-state index in [4.69, 9.17) is 25.8 Å². The molecule has 1 saturated heterocycles. The van der Waals surface area contributed by atoms with Gasteiger partial charge in [-0.2, -0.15) is 4.91 Å². The van der Waals surface area contributed by atoms with Crippen LogP contribution in [-0.4, -0.2) is 60.4 Å². The first-order chi connectivity index (χ1) is 24.8. The molecule has 0 radical (unpaired) electrons. The van der Waals surface area contributed by atoms with Crippen LogP contribution < -0.4 is 19.5 Å². The van der Waals surface area contributed by atoms with Gasteiger partial charge in [-0.25, -0.2) is 0 Å². The summed E-state index contributed by atoms with van der Waals surface area (Å²) < 4.78 is 18.9. The van der Waals surface area contributed by atoms with Crippen molar-refractivity contribution in [2.24, 2.45) is 10.6 Å². The Bertz CT molecular complexity index is 1750. The third-order valence-corrected chi connectivity index (χ3v) is 10.8. The second-order valence-electron chi connectivity index (χ2n) is 14.0. The molecule has 1 aliphatic heterocycles. The van der Waals surface area contributed by atoms with Crippen LogP contribution in [0.25, 0.3) is 11.1 Å². The zero-order valence-electron chi connectivity index (χ0n) is 29.7. The molecule has 4 aromatic rings. The average Bonchev–Trinajstić information content (AvgIpc) is 3.13. The highest BCUT2D eigenvalue weighted by Crippen LogP contribution is 2.49. The number of rotatable bonds is 17. The fourth-order valence-electron chi connectivity index (χ4n) is 7.37. The molecule has 1 spiro atoms. The monoisotopic (exact) mass is 712 g/mol. The third-order valence-electron chi connectivity index (χ3n) is 10.5. The van der Waals surface area contributed by atoms with Crippen LogP contribution in [0.2, 0.25) is 5.02 Å². The topological polar surface area (TPSA) is 106 Å². The molecular weight excluding hydrogens is 664 g/mol. The number of ether oxygens (including phenoxy) is 3. The van der Waals surface area contributed by atoms with E-state index < -0.39 is 0 Å². The van der Waals surface area contributed by atoms with Gasteiger partial charge in [0.1, 0.15) is 30.5 Å². The number of aliphatic hydroxyl groups excluding tert-OH is 1. The lowest BCUT2D eigenvalue weighted by atomic mass is 9.61. The van der Waals surface area contributed by atoms with Crippen molar-refractivity contribution >= 4 is 11.6 Å². The molecule has 1 aromatic heterocycles. The number of nitrogens with zero attached hydrogens (tertiary/aromatic N) is 3. The fraction of sp³-hybridized carbons (Fsp3) is 0.439. The van der Waals surface area contributed by atoms with Gasteiger partial charge in [0.25, 0.3) is 0 Å². The summed E-state index contributed by atoms with van der Waals surface area (Å²) in [5.74, 6) is 2.08. The van der Waals surface area contributed by atoms with E-state index in [0.717, 1.165) is 83.6 Å². The Labute approximate surface area is 306 Å². The van der Waals surface area contributed by atoms with E-state index in [-0.39, 0.29) is 12.6 Å².